The van der Waals surface area contributed by atoms with Crippen molar-refractivity contribution in [2.45, 2.75) is 12.8 Å². The Kier molecular flexibility index (Phi) is 5.68. The van der Waals surface area contributed by atoms with Crippen LogP contribution in [0.2, 0.25) is 0 Å². The number of aromatic nitrogens is 1. The molecule has 1 heterocycles. The second-order valence-corrected chi connectivity index (χ2v) is 8.65. The maximum absolute atomic E-state index is 13.6. The van der Waals surface area contributed by atoms with Crippen LogP contribution in [-0.4, -0.2) is 35.8 Å². The summed E-state index contributed by atoms with van der Waals surface area (Å²) in [6.45, 7) is 0. The van der Waals surface area contributed by atoms with E-state index in [4.69, 9.17) is 4.98 Å². The van der Waals surface area contributed by atoms with Crippen molar-refractivity contribution in [1.29, 1.82) is 0 Å². The first kappa shape index (κ1) is 21.6. The predicted octanol–water partition coefficient (Wildman–Crippen LogP) is 5.68. The Bertz CT molecular complexity index is 1440. The van der Waals surface area contributed by atoms with Gasteiger partial charge in [0.2, 0.25) is 0 Å². The molecule has 1 N–H and O–H groups in total. The quantitative estimate of drug-likeness (QED) is 0.438. The monoisotopic (exact) mass is 447 g/mol. The van der Waals surface area contributed by atoms with E-state index in [9.17, 15) is 9.59 Å². The van der Waals surface area contributed by atoms with Crippen molar-refractivity contribution in [1.82, 2.24) is 9.88 Å². The first-order valence-electron chi connectivity index (χ1n) is 11.3. The van der Waals surface area contributed by atoms with Crippen molar-refractivity contribution in [2.75, 3.05) is 19.4 Å². The van der Waals surface area contributed by atoms with Crippen LogP contribution < -0.4 is 5.32 Å². The highest BCUT2D eigenvalue weighted by Gasteiger charge is 2.27. The number of hydrogen-bond donors (Lipinski definition) is 1. The van der Waals surface area contributed by atoms with Crippen LogP contribution >= 0.6 is 0 Å². The van der Waals surface area contributed by atoms with E-state index in [1.807, 2.05) is 42.5 Å². The van der Waals surface area contributed by atoms with Crippen molar-refractivity contribution >= 4 is 40.1 Å². The van der Waals surface area contributed by atoms with Crippen LogP contribution in [0.5, 0.6) is 0 Å². The number of carbonyl (C=O) groups excluding carboxylic acids is 2. The first-order chi connectivity index (χ1) is 16.5. The lowest BCUT2D eigenvalue weighted by atomic mass is 9.99. The third-order valence-corrected chi connectivity index (χ3v) is 6.08. The van der Waals surface area contributed by atoms with Crippen molar-refractivity contribution in [3.05, 3.63) is 107 Å². The highest BCUT2D eigenvalue weighted by atomic mass is 16.2. The van der Waals surface area contributed by atoms with Gasteiger partial charge in [-0.3, -0.25) is 9.59 Å². The molecule has 0 saturated carbocycles. The lowest BCUT2D eigenvalue weighted by Crippen LogP contribution is -2.22. The van der Waals surface area contributed by atoms with Crippen LogP contribution in [-0.2, 0) is 6.42 Å². The van der Waals surface area contributed by atoms with E-state index < -0.39 is 0 Å². The molecule has 4 aromatic rings. The van der Waals surface area contributed by atoms with Gasteiger partial charge in [0.15, 0.2) is 0 Å². The molecule has 0 saturated heterocycles. The molecular weight excluding hydrogens is 422 g/mol. The number of fused-ring (bicyclic) bond motifs is 2. The zero-order chi connectivity index (χ0) is 23.7. The number of amides is 2. The van der Waals surface area contributed by atoms with Crippen LogP contribution in [0.25, 0.3) is 22.6 Å². The van der Waals surface area contributed by atoms with Crippen LogP contribution in [0.3, 0.4) is 0 Å². The van der Waals surface area contributed by atoms with Crippen LogP contribution in [0.1, 0.15) is 44.0 Å². The summed E-state index contributed by atoms with van der Waals surface area (Å²) >= 11 is 0. The number of hydrogen-bond acceptors (Lipinski definition) is 3. The maximum atomic E-state index is 13.6. The van der Waals surface area contributed by atoms with E-state index in [-0.39, 0.29) is 11.8 Å². The number of carbonyl (C=O) groups is 2. The molecule has 5 heteroatoms. The maximum Gasteiger partial charge on any atom is 0.256 e. The van der Waals surface area contributed by atoms with Gasteiger partial charge in [0.25, 0.3) is 11.8 Å². The van der Waals surface area contributed by atoms with Gasteiger partial charge in [-0.15, -0.1) is 0 Å². The molecule has 0 bridgehead atoms. The molecule has 168 valence electrons. The van der Waals surface area contributed by atoms with Crippen molar-refractivity contribution < 1.29 is 9.59 Å². The smallest absolute Gasteiger partial charge is 0.256 e. The number of rotatable bonds is 4. The summed E-state index contributed by atoms with van der Waals surface area (Å²) in [5.41, 5.74) is 6.69. The van der Waals surface area contributed by atoms with Gasteiger partial charge < -0.3 is 10.2 Å². The van der Waals surface area contributed by atoms with E-state index in [0.29, 0.717) is 16.8 Å². The Morgan fingerprint density at radius 1 is 0.912 bits per heavy atom. The van der Waals surface area contributed by atoms with Gasteiger partial charge in [-0.25, -0.2) is 4.98 Å². The normalized spacial score (nSPS) is 13.6. The Hall–Kier alpha value is -4.25. The summed E-state index contributed by atoms with van der Waals surface area (Å²) in [6.07, 6.45) is 3.75. The molecule has 5 rings (SSSR count). The molecule has 0 aliphatic heterocycles. The topological polar surface area (TPSA) is 62.3 Å². The standard InChI is InChI=1S/C29H25N3O2/c1-32(2)29(34)21-11-8-12-22(18-21)30-28(33)26-23-13-6-7-14-25(23)31-27-20(15-16-24(26)27)17-19-9-4-3-5-10-19/h3-14,17-18H,15-16H2,1-2H3,(H,30,33)/b20-17+. The molecule has 0 unspecified atom stereocenters. The van der Waals surface area contributed by atoms with Crippen molar-refractivity contribution in [3.8, 4) is 0 Å². The summed E-state index contributed by atoms with van der Waals surface area (Å²) < 4.78 is 0. The van der Waals surface area contributed by atoms with Gasteiger partial charge in [-0.05, 0) is 59.9 Å². The first-order valence-corrected chi connectivity index (χ1v) is 11.3. The van der Waals surface area contributed by atoms with Gasteiger partial charge in [-0.1, -0.05) is 54.6 Å². The van der Waals surface area contributed by atoms with Crippen LogP contribution in [0.15, 0.2) is 78.9 Å². The number of nitrogens with one attached hydrogen (secondary N) is 1. The molecular formula is C29H25N3O2. The summed E-state index contributed by atoms with van der Waals surface area (Å²) in [4.78, 5) is 32.4. The molecule has 34 heavy (non-hydrogen) atoms. The van der Waals surface area contributed by atoms with E-state index in [1.54, 1.807) is 38.4 Å². The number of para-hydroxylation sites is 1. The van der Waals surface area contributed by atoms with Gasteiger partial charge in [0.05, 0.1) is 16.8 Å². The molecule has 2 amide bonds. The van der Waals surface area contributed by atoms with Gasteiger partial charge in [-0.2, -0.15) is 0 Å². The third kappa shape index (κ3) is 4.08. The predicted molar refractivity (Wildman–Crippen MR) is 137 cm³/mol. The Morgan fingerprint density at radius 3 is 2.47 bits per heavy atom. The fourth-order valence-electron chi connectivity index (χ4n) is 4.47. The van der Waals surface area contributed by atoms with E-state index in [0.717, 1.165) is 46.1 Å². The number of benzene rings is 3. The summed E-state index contributed by atoms with van der Waals surface area (Å²) in [5, 5.41) is 3.86. The average molecular weight is 448 g/mol. The summed E-state index contributed by atoms with van der Waals surface area (Å²) in [7, 11) is 3.42. The van der Waals surface area contributed by atoms with Crippen molar-refractivity contribution in [2.24, 2.45) is 0 Å². The highest BCUT2D eigenvalue weighted by molar-refractivity contribution is 6.15. The fraction of sp³-hybridized carbons (Fsp3) is 0.138. The molecule has 1 aromatic heterocycles. The number of pyridine rings is 1. The zero-order valence-electron chi connectivity index (χ0n) is 19.2. The van der Waals surface area contributed by atoms with Gasteiger partial charge in [0.1, 0.15) is 0 Å². The summed E-state index contributed by atoms with van der Waals surface area (Å²) in [6, 6.07) is 25.0. The highest BCUT2D eigenvalue weighted by Crippen LogP contribution is 2.37. The Morgan fingerprint density at radius 2 is 1.68 bits per heavy atom. The number of anilines is 1. The van der Waals surface area contributed by atoms with Gasteiger partial charge >= 0.3 is 0 Å². The molecule has 0 fully saturated rings. The molecule has 1 aliphatic carbocycles. The molecule has 0 atom stereocenters. The van der Waals surface area contributed by atoms with Gasteiger partial charge in [0, 0.05) is 30.7 Å². The summed E-state index contributed by atoms with van der Waals surface area (Å²) in [5.74, 6) is -0.299. The molecule has 0 spiro atoms. The fourth-order valence-corrected chi connectivity index (χ4v) is 4.47. The Labute approximate surface area is 198 Å². The lowest BCUT2D eigenvalue weighted by molar-refractivity contribution is 0.0827. The minimum absolute atomic E-state index is 0.109. The number of nitrogens with zero attached hydrogens (tertiary/aromatic N) is 2. The molecule has 5 nitrogen and oxygen atoms in total. The number of allylic oxidation sites excluding steroid dienone is 1. The largest absolute Gasteiger partial charge is 0.345 e. The van der Waals surface area contributed by atoms with Crippen LogP contribution in [0.4, 0.5) is 5.69 Å². The second-order valence-electron chi connectivity index (χ2n) is 8.65. The molecule has 0 radical (unpaired) electrons. The third-order valence-electron chi connectivity index (χ3n) is 6.08. The van der Waals surface area contributed by atoms with E-state index in [2.05, 4.69) is 23.5 Å². The SMILES string of the molecule is CN(C)C(=O)c1cccc(NC(=O)c2c3c(nc4ccccc24)/C(=C/c2ccccc2)CC3)c1. The second kappa shape index (κ2) is 8.94. The van der Waals surface area contributed by atoms with Crippen molar-refractivity contribution in [3.63, 3.8) is 0 Å². The van der Waals surface area contributed by atoms with E-state index >= 15 is 0 Å². The zero-order valence-corrected chi connectivity index (χ0v) is 19.2. The van der Waals surface area contributed by atoms with Crippen LogP contribution in [0, 0.1) is 0 Å². The Balaban J connectivity index is 1.57. The average Bonchev–Trinajstić information content (AvgIpc) is 3.24. The lowest BCUT2D eigenvalue weighted by Gasteiger charge is -2.14. The molecule has 3 aromatic carbocycles. The minimum Gasteiger partial charge on any atom is -0.345 e. The molecule has 1 aliphatic rings. The van der Waals surface area contributed by atoms with E-state index in [1.165, 1.54) is 4.90 Å². The minimum atomic E-state index is -0.190.